The van der Waals surface area contributed by atoms with Gasteiger partial charge in [0, 0.05) is 48.7 Å². The zero-order chi connectivity index (χ0) is 20.7. The van der Waals surface area contributed by atoms with E-state index in [1.165, 1.54) is 22.5 Å². The maximum atomic E-state index is 13.3. The Morgan fingerprint density at radius 3 is 1.68 bits per heavy atom. The molecule has 0 unspecified atom stereocenters. The van der Waals surface area contributed by atoms with Gasteiger partial charge < -0.3 is 9.80 Å². The van der Waals surface area contributed by atoms with Crippen molar-refractivity contribution in [1.29, 1.82) is 0 Å². The van der Waals surface area contributed by atoms with Gasteiger partial charge in [-0.2, -0.15) is 0 Å². The minimum Gasteiger partial charge on any atom is -0.372 e. The van der Waals surface area contributed by atoms with Crippen LogP contribution in [0.1, 0.15) is 68.6 Å². The fourth-order valence-electron chi connectivity index (χ4n) is 4.12. The second kappa shape index (κ2) is 10.3. The van der Waals surface area contributed by atoms with Crippen molar-refractivity contribution < 1.29 is 4.79 Å². The van der Waals surface area contributed by atoms with Crippen LogP contribution in [-0.2, 0) is 12.8 Å². The highest BCUT2D eigenvalue weighted by Gasteiger charge is 2.19. The van der Waals surface area contributed by atoms with Crippen molar-refractivity contribution in [3.8, 4) is 0 Å². The van der Waals surface area contributed by atoms with Gasteiger partial charge in [0.15, 0.2) is 5.78 Å². The standard InChI is InChI=1S/C25H36N2O/c1-7-21-22(8-2)24(27(11-5)12-6)18-17-23(21)25(28)19-13-15-20(16-14-19)26(9-3)10-4/h13-18H,7-12H2,1-6H3. The van der Waals surface area contributed by atoms with E-state index in [-0.39, 0.29) is 5.78 Å². The molecule has 0 amide bonds. The summed E-state index contributed by atoms with van der Waals surface area (Å²) in [7, 11) is 0. The van der Waals surface area contributed by atoms with E-state index >= 15 is 0 Å². The molecule has 2 rings (SSSR count). The van der Waals surface area contributed by atoms with Crippen LogP contribution in [0.3, 0.4) is 0 Å². The zero-order valence-corrected chi connectivity index (χ0v) is 18.5. The lowest BCUT2D eigenvalue weighted by molar-refractivity contribution is 0.103. The van der Waals surface area contributed by atoms with E-state index in [9.17, 15) is 4.79 Å². The third kappa shape index (κ3) is 4.40. The van der Waals surface area contributed by atoms with Gasteiger partial charge in [-0.25, -0.2) is 0 Å². The van der Waals surface area contributed by atoms with Crippen LogP contribution in [0.5, 0.6) is 0 Å². The Balaban J connectivity index is 2.45. The summed E-state index contributed by atoms with van der Waals surface area (Å²) >= 11 is 0. The fourth-order valence-corrected chi connectivity index (χ4v) is 4.12. The molecule has 0 bridgehead atoms. The van der Waals surface area contributed by atoms with Crippen molar-refractivity contribution >= 4 is 17.2 Å². The molecule has 0 spiro atoms. The molecule has 0 aliphatic heterocycles. The Hall–Kier alpha value is -2.29. The molecule has 2 aromatic carbocycles. The van der Waals surface area contributed by atoms with Gasteiger partial charge in [0.25, 0.3) is 0 Å². The van der Waals surface area contributed by atoms with E-state index in [0.717, 1.165) is 50.1 Å². The van der Waals surface area contributed by atoms with Gasteiger partial charge in [0.1, 0.15) is 0 Å². The first kappa shape index (κ1) is 22.0. The number of carbonyl (C=O) groups is 1. The molecular weight excluding hydrogens is 344 g/mol. The van der Waals surface area contributed by atoms with Crippen LogP contribution in [0, 0.1) is 0 Å². The molecular formula is C25H36N2O. The summed E-state index contributed by atoms with van der Waals surface area (Å²) in [6.07, 6.45) is 1.81. The lowest BCUT2D eigenvalue weighted by Crippen LogP contribution is -2.24. The summed E-state index contributed by atoms with van der Waals surface area (Å²) < 4.78 is 0. The van der Waals surface area contributed by atoms with Gasteiger partial charge in [-0.15, -0.1) is 0 Å². The Morgan fingerprint density at radius 1 is 0.679 bits per heavy atom. The number of anilines is 2. The summed E-state index contributed by atoms with van der Waals surface area (Å²) in [4.78, 5) is 18.0. The molecule has 0 aromatic heterocycles. The molecule has 0 radical (unpaired) electrons. The van der Waals surface area contributed by atoms with Gasteiger partial charge in [0.2, 0.25) is 0 Å². The van der Waals surface area contributed by atoms with Crippen LogP contribution in [0.4, 0.5) is 11.4 Å². The van der Waals surface area contributed by atoms with E-state index in [1.54, 1.807) is 0 Å². The summed E-state index contributed by atoms with van der Waals surface area (Å²) in [6, 6.07) is 12.3. The normalized spacial score (nSPS) is 10.8. The first-order valence-corrected chi connectivity index (χ1v) is 10.8. The first-order valence-electron chi connectivity index (χ1n) is 10.8. The predicted octanol–water partition coefficient (Wildman–Crippen LogP) is 5.73. The van der Waals surface area contributed by atoms with Crippen LogP contribution in [0.2, 0.25) is 0 Å². The smallest absolute Gasteiger partial charge is 0.193 e. The van der Waals surface area contributed by atoms with Crippen molar-refractivity contribution in [3.63, 3.8) is 0 Å². The highest BCUT2D eigenvalue weighted by atomic mass is 16.1. The second-order valence-electron chi connectivity index (χ2n) is 7.02. The highest BCUT2D eigenvalue weighted by Crippen LogP contribution is 2.30. The van der Waals surface area contributed by atoms with E-state index in [2.05, 4.69) is 69.5 Å². The molecule has 0 aliphatic carbocycles. The molecule has 3 nitrogen and oxygen atoms in total. The molecule has 0 saturated heterocycles. The van der Waals surface area contributed by atoms with Crippen LogP contribution in [0.15, 0.2) is 36.4 Å². The fraction of sp³-hybridized carbons (Fsp3) is 0.480. The van der Waals surface area contributed by atoms with Crippen LogP contribution in [0.25, 0.3) is 0 Å². The van der Waals surface area contributed by atoms with E-state index in [0.29, 0.717) is 0 Å². The molecule has 0 aliphatic rings. The molecule has 152 valence electrons. The Bertz CT molecular complexity index is 772. The summed E-state index contributed by atoms with van der Waals surface area (Å²) in [5.74, 6) is 0.128. The largest absolute Gasteiger partial charge is 0.372 e. The predicted molar refractivity (Wildman–Crippen MR) is 122 cm³/mol. The summed E-state index contributed by atoms with van der Waals surface area (Å²) in [5.41, 5.74) is 6.58. The summed E-state index contributed by atoms with van der Waals surface area (Å²) in [6.45, 7) is 16.9. The number of hydrogen-bond donors (Lipinski definition) is 0. The SMILES string of the molecule is CCc1c(C(=O)c2ccc(N(CC)CC)cc2)ccc(N(CC)CC)c1CC. The molecule has 28 heavy (non-hydrogen) atoms. The average Bonchev–Trinajstić information content (AvgIpc) is 2.74. The third-order valence-electron chi connectivity index (χ3n) is 5.72. The lowest BCUT2D eigenvalue weighted by Gasteiger charge is -2.26. The van der Waals surface area contributed by atoms with Crippen LogP contribution in [-0.4, -0.2) is 32.0 Å². The first-order chi connectivity index (χ1) is 13.6. The molecule has 0 fully saturated rings. The zero-order valence-electron chi connectivity index (χ0n) is 18.5. The Labute approximate surface area is 171 Å². The maximum absolute atomic E-state index is 13.3. The minimum atomic E-state index is 0.128. The van der Waals surface area contributed by atoms with Crippen molar-refractivity contribution in [2.24, 2.45) is 0 Å². The highest BCUT2D eigenvalue weighted by molar-refractivity contribution is 6.10. The van der Waals surface area contributed by atoms with Crippen LogP contribution >= 0.6 is 0 Å². The number of rotatable bonds is 10. The number of ketones is 1. The molecule has 2 aromatic rings. The van der Waals surface area contributed by atoms with Crippen molar-refractivity contribution in [2.45, 2.75) is 54.4 Å². The molecule has 0 atom stereocenters. The monoisotopic (exact) mass is 380 g/mol. The molecule has 0 saturated carbocycles. The number of nitrogens with zero attached hydrogens (tertiary/aromatic N) is 2. The number of hydrogen-bond acceptors (Lipinski definition) is 3. The molecule has 0 heterocycles. The van der Waals surface area contributed by atoms with E-state index in [1.807, 2.05) is 18.2 Å². The minimum absolute atomic E-state index is 0.128. The van der Waals surface area contributed by atoms with Gasteiger partial charge in [-0.05, 0) is 88.1 Å². The van der Waals surface area contributed by atoms with Crippen molar-refractivity contribution in [2.75, 3.05) is 36.0 Å². The Morgan fingerprint density at radius 2 is 1.21 bits per heavy atom. The maximum Gasteiger partial charge on any atom is 0.193 e. The van der Waals surface area contributed by atoms with E-state index in [4.69, 9.17) is 0 Å². The second-order valence-corrected chi connectivity index (χ2v) is 7.02. The van der Waals surface area contributed by atoms with E-state index < -0.39 is 0 Å². The number of carbonyl (C=O) groups excluding carboxylic acids is 1. The summed E-state index contributed by atoms with van der Waals surface area (Å²) in [5, 5.41) is 0. The quantitative estimate of drug-likeness (QED) is 0.491. The average molecular weight is 381 g/mol. The number of benzene rings is 2. The van der Waals surface area contributed by atoms with Gasteiger partial charge in [-0.3, -0.25) is 4.79 Å². The molecule has 0 N–H and O–H groups in total. The van der Waals surface area contributed by atoms with Gasteiger partial charge in [0.05, 0.1) is 0 Å². The Kier molecular flexibility index (Phi) is 8.10. The topological polar surface area (TPSA) is 23.6 Å². The van der Waals surface area contributed by atoms with Gasteiger partial charge >= 0.3 is 0 Å². The van der Waals surface area contributed by atoms with Crippen molar-refractivity contribution in [3.05, 3.63) is 58.7 Å². The lowest BCUT2D eigenvalue weighted by atomic mass is 9.90. The van der Waals surface area contributed by atoms with Gasteiger partial charge in [-0.1, -0.05) is 13.8 Å². The molecule has 3 heteroatoms. The van der Waals surface area contributed by atoms with Crippen molar-refractivity contribution in [1.82, 2.24) is 0 Å². The van der Waals surface area contributed by atoms with Crippen LogP contribution < -0.4 is 9.80 Å². The third-order valence-corrected chi connectivity index (χ3v) is 5.72.